The van der Waals surface area contributed by atoms with Gasteiger partial charge >= 0.3 is 0 Å². The Labute approximate surface area is 130 Å². The Kier molecular flexibility index (Phi) is 4.36. The highest BCUT2D eigenvalue weighted by atomic mass is 15.0. The lowest BCUT2D eigenvalue weighted by atomic mass is 10.1. The van der Waals surface area contributed by atoms with Gasteiger partial charge in [0, 0.05) is 29.1 Å². The Balaban J connectivity index is 1.82. The molecular formula is C20H14N2. The zero-order chi connectivity index (χ0) is 15.0. The molecule has 0 amide bonds. The lowest BCUT2D eigenvalue weighted by molar-refractivity contribution is 0.840. The Morgan fingerprint density at radius 2 is 1.55 bits per heavy atom. The van der Waals surface area contributed by atoms with E-state index < -0.39 is 0 Å². The molecule has 0 bridgehead atoms. The Morgan fingerprint density at radius 3 is 2.27 bits per heavy atom. The van der Waals surface area contributed by atoms with Gasteiger partial charge in [-0.15, -0.1) is 0 Å². The third-order valence-electron chi connectivity index (χ3n) is 3.09. The van der Waals surface area contributed by atoms with Crippen LogP contribution < -0.4 is 0 Å². The minimum Gasteiger partial charge on any atom is -0.326 e. The molecule has 0 N–H and O–H groups in total. The molecule has 2 aromatic carbocycles. The third-order valence-corrected chi connectivity index (χ3v) is 3.09. The molecule has 2 nitrogen and oxygen atoms in total. The van der Waals surface area contributed by atoms with Gasteiger partial charge in [0.15, 0.2) is 0 Å². The molecule has 2 heteroatoms. The van der Waals surface area contributed by atoms with E-state index in [9.17, 15) is 0 Å². The fraction of sp³-hybridized carbons (Fsp3) is 0.0500. The first-order chi connectivity index (χ1) is 10.9. The molecule has 0 atom stereocenters. The zero-order valence-corrected chi connectivity index (χ0v) is 12.0. The lowest BCUT2D eigenvalue weighted by Gasteiger charge is -1.96. The van der Waals surface area contributed by atoms with E-state index in [4.69, 9.17) is 0 Å². The van der Waals surface area contributed by atoms with Gasteiger partial charge in [0.25, 0.3) is 0 Å². The third kappa shape index (κ3) is 3.66. The largest absolute Gasteiger partial charge is 0.326 e. The van der Waals surface area contributed by atoms with E-state index in [1.807, 2.05) is 65.4 Å². The molecular weight excluding hydrogens is 268 g/mol. The van der Waals surface area contributed by atoms with Crippen molar-refractivity contribution in [3.8, 4) is 23.7 Å². The van der Waals surface area contributed by atoms with E-state index in [1.54, 1.807) is 12.5 Å². The summed E-state index contributed by atoms with van der Waals surface area (Å²) in [6, 6.07) is 17.9. The second kappa shape index (κ2) is 6.97. The zero-order valence-electron chi connectivity index (χ0n) is 12.0. The maximum atomic E-state index is 4.00. The molecule has 0 saturated carbocycles. The molecule has 1 heterocycles. The van der Waals surface area contributed by atoms with Gasteiger partial charge in [-0.25, -0.2) is 4.98 Å². The first-order valence-corrected chi connectivity index (χ1v) is 7.02. The molecule has 3 aromatic rings. The number of aromatic nitrogens is 2. The van der Waals surface area contributed by atoms with Crippen LogP contribution in [-0.4, -0.2) is 9.55 Å². The number of rotatable bonds is 1. The summed E-state index contributed by atoms with van der Waals surface area (Å²) in [5, 5.41) is 0. The molecule has 3 rings (SSSR count). The quantitative estimate of drug-likeness (QED) is 0.626. The molecule has 0 fully saturated rings. The first kappa shape index (κ1) is 13.7. The summed E-state index contributed by atoms with van der Waals surface area (Å²) in [5.41, 5.74) is 2.90. The van der Waals surface area contributed by atoms with Crippen molar-refractivity contribution >= 4 is 0 Å². The Bertz CT molecular complexity index is 855. The number of hydrogen-bond donors (Lipinski definition) is 0. The van der Waals surface area contributed by atoms with Crippen LogP contribution in [0.5, 0.6) is 0 Å². The average molecular weight is 282 g/mol. The summed E-state index contributed by atoms with van der Waals surface area (Å²) in [4.78, 5) is 4.00. The van der Waals surface area contributed by atoms with Gasteiger partial charge in [-0.1, -0.05) is 54.0 Å². The van der Waals surface area contributed by atoms with E-state index in [0.29, 0.717) is 6.54 Å². The lowest BCUT2D eigenvalue weighted by Crippen LogP contribution is -1.90. The van der Waals surface area contributed by atoms with Crippen molar-refractivity contribution in [2.45, 2.75) is 6.54 Å². The van der Waals surface area contributed by atoms with Crippen molar-refractivity contribution in [3.05, 3.63) is 90.0 Å². The predicted octanol–water partition coefficient (Wildman–Crippen LogP) is 3.33. The van der Waals surface area contributed by atoms with Crippen LogP contribution in [0.15, 0.2) is 73.3 Å². The van der Waals surface area contributed by atoms with Gasteiger partial charge < -0.3 is 4.57 Å². The summed E-state index contributed by atoms with van der Waals surface area (Å²) >= 11 is 0. The number of hydrogen-bond acceptors (Lipinski definition) is 1. The van der Waals surface area contributed by atoms with Gasteiger partial charge in [-0.3, -0.25) is 0 Å². The molecule has 0 unspecified atom stereocenters. The van der Waals surface area contributed by atoms with Gasteiger partial charge in [0.05, 0.1) is 12.9 Å². The van der Waals surface area contributed by atoms with E-state index in [2.05, 4.69) is 28.7 Å². The molecule has 104 valence electrons. The van der Waals surface area contributed by atoms with E-state index in [0.717, 1.165) is 16.7 Å². The van der Waals surface area contributed by atoms with Crippen LogP contribution >= 0.6 is 0 Å². The van der Waals surface area contributed by atoms with Crippen molar-refractivity contribution in [2.75, 3.05) is 0 Å². The van der Waals surface area contributed by atoms with Crippen LogP contribution in [0, 0.1) is 23.7 Å². The second-order valence-corrected chi connectivity index (χ2v) is 4.70. The molecule has 0 aliphatic rings. The summed E-state index contributed by atoms with van der Waals surface area (Å²) in [5.74, 6) is 12.7. The van der Waals surface area contributed by atoms with Crippen molar-refractivity contribution in [1.82, 2.24) is 9.55 Å². The SMILES string of the molecule is C(#Cc1ccccc1C#Cc1ccccc1)Cn1ccnc1. The smallest absolute Gasteiger partial charge is 0.0954 e. The Morgan fingerprint density at radius 1 is 0.818 bits per heavy atom. The van der Waals surface area contributed by atoms with Crippen LogP contribution in [0.1, 0.15) is 16.7 Å². The average Bonchev–Trinajstić information content (AvgIpc) is 3.08. The highest BCUT2D eigenvalue weighted by molar-refractivity contribution is 5.52. The highest BCUT2D eigenvalue weighted by Crippen LogP contribution is 2.06. The van der Waals surface area contributed by atoms with Gasteiger partial charge in [-0.05, 0) is 24.3 Å². The van der Waals surface area contributed by atoms with Crippen molar-refractivity contribution in [1.29, 1.82) is 0 Å². The molecule has 22 heavy (non-hydrogen) atoms. The normalized spacial score (nSPS) is 9.27. The van der Waals surface area contributed by atoms with E-state index in [1.165, 1.54) is 0 Å². The first-order valence-electron chi connectivity index (χ1n) is 7.02. The molecule has 0 radical (unpaired) electrons. The standard InChI is InChI=1S/C20H14N2/c1-2-7-18(8-3-1)12-13-20-10-5-4-9-19(20)11-6-15-22-16-14-21-17-22/h1-5,7-10,14,16-17H,15H2. The van der Waals surface area contributed by atoms with Gasteiger partial charge in [0.2, 0.25) is 0 Å². The Hall–Kier alpha value is -3.23. The maximum absolute atomic E-state index is 4.00. The summed E-state index contributed by atoms with van der Waals surface area (Å²) in [6.45, 7) is 0.625. The highest BCUT2D eigenvalue weighted by Gasteiger charge is 1.94. The van der Waals surface area contributed by atoms with Crippen LogP contribution in [0.25, 0.3) is 0 Å². The van der Waals surface area contributed by atoms with Crippen molar-refractivity contribution < 1.29 is 0 Å². The number of nitrogens with zero attached hydrogens (tertiary/aromatic N) is 2. The van der Waals surface area contributed by atoms with Gasteiger partial charge in [0.1, 0.15) is 0 Å². The molecule has 0 saturated heterocycles. The van der Waals surface area contributed by atoms with Crippen LogP contribution in [0.4, 0.5) is 0 Å². The maximum Gasteiger partial charge on any atom is 0.0954 e. The number of benzene rings is 2. The van der Waals surface area contributed by atoms with Crippen LogP contribution in [-0.2, 0) is 6.54 Å². The second-order valence-electron chi connectivity index (χ2n) is 4.70. The minimum atomic E-state index is 0.625. The summed E-state index contributed by atoms with van der Waals surface area (Å²) in [6.07, 6.45) is 5.41. The van der Waals surface area contributed by atoms with Crippen molar-refractivity contribution in [3.63, 3.8) is 0 Å². The fourth-order valence-electron chi connectivity index (χ4n) is 1.97. The summed E-state index contributed by atoms with van der Waals surface area (Å²) < 4.78 is 1.94. The van der Waals surface area contributed by atoms with Gasteiger partial charge in [-0.2, -0.15) is 0 Å². The summed E-state index contributed by atoms with van der Waals surface area (Å²) in [7, 11) is 0. The van der Waals surface area contributed by atoms with E-state index in [-0.39, 0.29) is 0 Å². The van der Waals surface area contributed by atoms with Crippen molar-refractivity contribution in [2.24, 2.45) is 0 Å². The topological polar surface area (TPSA) is 17.8 Å². The van der Waals surface area contributed by atoms with E-state index >= 15 is 0 Å². The molecule has 0 spiro atoms. The minimum absolute atomic E-state index is 0.625. The molecule has 1 aromatic heterocycles. The monoisotopic (exact) mass is 282 g/mol. The fourth-order valence-corrected chi connectivity index (χ4v) is 1.97. The molecule has 0 aliphatic heterocycles. The molecule has 0 aliphatic carbocycles. The number of imidazole rings is 1. The van der Waals surface area contributed by atoms with Crippen LogP contribution in [0.3, 0.4) is 0 Å². The predicted molar refractivity (Wildman–Crippen MR) is 88.0 cm³/mol. The van der Waals surface area contributed by atoms with Crippen LogP contribution in [0.2, 0.25) is 0 Å².